The predicted molar refractivity (Wildman–Crippen MR) is 79.1 cm³/mol. The molecule has 1 aliphatic heterocycles. The van der Waals surface area contributed by atoms with Gasteiger partial charge in [0, 0.05) is 19.1 Å². The van der Waals surface area contributed by atoms with Crippen LogP contribution in [0.1, 0.15) is 64.7 Å². The van der Waals surface area contributed by atoms with E-state index in [1.807, 2.05) is 4.90 Å². The number of nitrogens with one attached hydrogen (secondary N) is 1. The predicted octanol–water partition coefficient (Wildman–Crippen LogP) is 2.95. The number of carbonyl (C=O) groups excluding carboxylic acids is 1. The van der Waals surface area contributed by atoms with Crippen LogP contribution in [0.15, 0.2) is 0 Å². The van der Waals surface area contributed by atoms with Crippen LogP contribution in [-0.2, 0) is 4.79 Å². The van der Waals surface area contributed by atoms with Gasteiger partial charge in [0.05, 0.1) is 6.54 Å². The molecule has 2 rings (SSSR count). The lowest BCUT2D eigenvalue weighted by Crippen LogP contribution is -2.44. The molecule has 0 aromatic rings. The molecule has 1 amide bonds. The van der Waals surface area contributed by atoms with Crippen molar-refractivity contribution in [3.05, 3.63) is 0 Å². The molecule has 2 aliphatic rings. The Balaban J connectivity index is 1.69. The first-order valence-corrected chi connectivity index (χ1v) is 8.28. The number of rotatable bonds is 4. The summed E-state index contributed by atoms with van der Waals surface area (Å²) in [6.45, 7) is 4.74. The van der Waals surface area contributed by atoms with Gasteiger partial charge in [0.2, 0.25) is 5.91 Å². The van der Waals surface area contributed by atoms with Crippen LogP contribution in [0, 0.1) is 5.92 Å². The summed E-state index contributed by atoms with van der Waals surface area (Å²) < 4.78 is 0. The standard InChI is InChI=1S/C16H30N2O/c1-14(15-9-5-2-3-6-10-15)17-13-16(19)18-11-7-4-8-12-18/h14-15,17H,2-13H2,1H3/t14-/m1/s1. The molecule has 0 radical (unpaired) electrons. The average molecular weight is 266 g/mol. The minimum Gasteiger partial charge on any atom is -0.342 e. The van der Waals surface area contributed by atoms with Gasteiger partial charge in [0.25, 0.3) is 0 Å². The third-order valence-electron chi connectivity index (χ3n) is 4.89. The number of amides is 1. The molecule has 3 nitrogen and oxygen atoms in total. The van der Waals surface area contributed by atoms with Crippen molar-refractivity contribution in [2.45, 2.75) is 70.8 Å². The summed E-state index contributed by atoms with van der Waals surface area (Å²) in [6.07, 6.45) is 11.9. The number of piperidine rings is 1. The summed E-state index contributed by atoms with van der Waals surface area (Å²) in [5.74, 6) is 1.08. The van der Waals surface area contributed by atoms with E-state index in [0.717, 1.165) is 19.0 Å². The van der Waals surface area contributed by atoms with Gasteiger partial charge in [-0.25, -0.2) is 0 Å². The van der Waals surface area contributed by atoms with E-state index < -0.39 is 0 Å². The van der Waals surface area contributed by atoms with Gasteiger partial charge in [0.15, 0.2) is 0 Å². The Morgan fingerprint density at radius 3 is 2.26 bits per heavy atom. The summed E-state index contributed by atoms with van der Waals surface area (Å²) in [4.78, 5) is 14.2. The molecule has 0 spiro atoms. The minimum atomic E-state index is 0.306. The molecule has 1 aliphatic carbocycles. The Morgan fingerprint density at radius 1 is 1.05 bits per heavy atom. The van der Waals surface area contributed by atoms with Crippen molar-refractivity contribution < 1.29 is 4.79 Å². The zero-order chi connectivity index (χ0) is 13.5. The fourth-order valence-corrected chi connectivity index (χ4v) is 3.48. The number of carbonyl (C=O) groups is 1. The quantitative estimate of drug-likeness (QED) is 0.794. The third kappa shape index (κ3) is 4.79. The highest BCUT2D eigenvalue weighted by Gasteiger charge is 2.21. The number of hydrogen-bond donors (Lipinski definition) is 1. The summed E-state index contributed by atoms with van der Waals surface area (Å²) >= 11 is 0. The van der Waals surface area contributed by atoms with Crippen molar-refractivity contribution >= 4 is 5.91 Å². The Kier molecular flexibility index (Phi) is 6.15. The zero-order valence-electron chi connectivity index (χ0n) is 12.5. The number of likely N-dealkylation sites (tertiary alicyclic amines) is 1. The molecule has 1 N–H and O–H groups in total. The third-order valence-corrected chi connectivity index (χ3v) is 4.89. The average Bonchev–Trinajstić information content (AvgIpc) is 2.74. The summed E-state index contributed by atoms with van der Waals surface area (Å²) in [6, 6.07) is 0.492. The van der Waals surface area contributed by atoms with Crippen molar-refractivity contribution in [1.82, 2.24) is 10.2 Å². The molecule has 3 heteroatoms. The Morgan fingerprint density at radius 2 is 1.63 bits per heavy atom. The molecule has 0 aromatic carbocycles. The van der Waals surface area contributed by atoms with Crippen molar-refractivity contribution in [2.75, 3.05) is 19.6 Å². The van der Waals surface area contributed by atoms with Crippen molar-refractivity contribution in [1.29, 1.82) is 0 Å². The topological polar surface area (TPSA) is 32.3 Å². The van der Waals surface area contributed by atoms with Crippen LogP contribution in [0.3, 0.4) is 0 Å². The van der Waals surface area contributed by atoms with Crippen LogP contribution in [-0.4, -0.2) is 36.5 Å². The second-order valence-electron chi connectivity index (χ2n) is 6.36. The molecule has 0 bridgehead atoms. The molecule has 1 saturated heterocycles. The lowest BCUT2D eigenvalue weighted by atomic mass is 9.93. The normalized spacial score (nSPS) is 23.9. The second kappa shape index (κ2) is 7.88. The maximum Gasteiger partial charge on any atom is 0.236 e. The largest absolute Gasteiger partial charge is 0.342 e. The fourth-order valence-electron chi connectivity index (χ4n) is 3.48. The first-order chi connectivity index (χ1) is 9.27. The van der Waals surface area contributed by atoms with E-state index in [0.29, 0.717) is 18.5 Å². The fraction of sp³-hybridized carbons (Fsp3) is 0.938. The van der Waals surface area contributed by atoms with Crippen LogP contribution >= 0.6 is 0 Å². The van der Waals surface area contributed by atoms with Crippen LogP contribution in [0.2, 0.25) is 0 Å². The zero-order valence-corrected chi connectivity index (χ0v) is 12.5. The van der Waals surface area contributed by atoms with Crippen molar-refractivity contribution in [3.8, 4) is 0 Å². The Bertz CT molecular complexity index is 266. The molecule has 0 unspecified atom stereocenters. The lowest BCUT2D eigenvalue weighted by Gasteiger charge is -2.29. The van der Waals surface area contributed by atoms with Crippen molar-refractivity contribution in [2.24, 2.45) is 5.92 Å². The van der Waals surface area contributed by atoms with E-state index in [9.17, 15) is 4.79 Å². The Labute approximate surface area is 118 Å². The highest BCUT2D eigenvalue weighted by atomic mass is 16.2. The van der Waals surface area contributed by atoms with Gasteiger partial charge < -0.3 is 10.2 Å². The Hall–Kier alpha value is -0.570. The van der Waals surface area contributed by atoms with E-state index >= 15 is 0 Å². The molecule has 1 saturated carbocycles. The van der Waals surface area contributed by atoms with Gasteiger partial charge >= 0.3 is 0 Å². The molecule has 2 fully saturated rings. The molecular weight excluding hydrogens is 236 g/mol. The van der Waals surface area contributed by atoms with Gasteiger partial charge in [0.1, 0.15) is 0 Å². The van der Waals surface area contributed by atoms with E-state index in [2.05, 4.69) is 12.2 Å². The van der Waals surface area contributed by atoms with Gasteiger partial charge in [-0.05, 0) is 44.9 Å². The number of nitrogens with zero attached hydrogens (tertiary/aromatic N) is 1. The summed E-state index contributed by atoms with van der Waals surface area (Å²) in [5, 5.41) is 3.49. The van der Waals surface area contributed by atoms with Gasteiger partial charge in [-0.15, -0.1) is 0 Å². The van der Waals surface area contributed by atoms with Crippen molar-refractivity contribution in [3.63, 3.8) is 0 Å². The highest BCUT2D eigenvalue weighted by molar-refractivity contribution is 5.78. The highest BCUT2D eigenvalue weighted by Crippen LogP contribution is 2.25. The van der Waals surface area contributed by atoms with Crippen LogP contribution in [0.25, 0.3) is 0 Å². The van der Waals surface area contributed by atoms with Gasteiger partial charge in [-0.2, -0.15) is 0 Å². The molecule has 1 heterocycles. The smallest absolute Gasteiger partial charge is 0.236 e. The molecule has 0 aromatic heterocycles. The van der Waals surface area contributed by atoms with E-state index in [1.165, 1.54) is 57.8 Å². The monoisotopic (exact) mass is 266 g/mol. The molecule has 110 valence electrons. The van der Waals surface area contributed by atoms with Gasteiger partial charge in [-0.1, -0.05) is 25.7 Å². The number of hydrogen-bond acceptors (Lipinski definition) is 2. The summed E-state index contributed by atoms with van der Waals surface area (Å²) in [5.41, 5.74) is 0. The van der Waals surface area contributed by atoms with E-state index in [4.69, 9.17) is 0 Å². The first kappa shape index (κ1) is 14.8. The minimum absolute atomic E-state index is 0.306. The van der Waals surface area contributed by atoms with Crippen LogP contribution < -0.4 is 5.32 Å². The van der Waals surface area contributed by atoms with Gasteiger partial charge in [-0.3, -0.25) is 4.79 Å². The van der Waals surface area contributed by atoms with Crippen LogP contribution in [0.5, 0.6) is 0 Å². The maximum absolute atomic E-state index is 12.1. The van der Waals surface area contributed by atoms with Crippen LogP contribution in [0.4, 0.5) is 0 Å². The summed E-state index contributed by atoms with van der Waals surface area (Å²) in [7, 11) is 0. The molecule has 19 heavy (non-hydrogen) atoms. The SMILES string of the molecule is C[C@@H](NCC(=O)N1CCCCC1)C1CCCCCC1. The molecular formula is C16H30N2O. The second-order valence-corrected chi connectivity index (χ2v) is 6.36. The first-order valence-electron chi connectivity index (χ1n) is 8.28. The van der Waals surface area contributed by atoms with E-state index in [1.54, 1.807) is 0 Å². The van der Waals surface area contributed by atoms with E-state index in [-0.39, 0.29) is 0 Å². The maximum atomic E-state index is 12.1. The lowest BCUT2D eigenvalue weighted by molar-refractivity contribution is -0.131. The molecule has 1 atom stereocenters.